The van der Waals surface area contributed by atoms with Crippen LogP contribution in [0, 0.1) is 5.82 Å². The van der Waals surface area contributed by atoms with E-state index in [1.165, 1.54) is 40.4 Å². The zero-order valence-corrected chi connectivity index (χ0v) is 19.0. The third-order valence-corrected chi connectivity index (χ3v) is 5.20. The Labute approximate surface area is 205 Å². The predicted octanol–water partition coefficient (Wildman–Crippen LogP) is 3.50. The smallest absolute Gasteiger partial charge is 0.203 e. The molecular weight excluding hydrogens is 441 g/mol. The minimum atomic E-state index is -2.68. The Hall–Kier alpha value is -3.75. The van der Waals surface area contributed by atoms with Gasteiger partial charge < -0.3 is 18.9 Å². The highest BCUT2D eigenvalue weighted by molar-refractivity contribution is 5.90. The lowest BCUT2D eigenvalue weighted by Gasteiger charge is -2.30. The number of pyridine rings is 1. The molecular formula is C25H26FN3O5. The number of carbonyl (C=O) groups is 1. The summed E-state index contributed by atoms with van der Waals surface area (Å²) in [6.45, 7) is -1.47. The lowest BCUT2D eigenvalue weighted by molar-refractivity contribution is -0.132. The molecule has 0 spiro atoms. The van der Waals surface area contributed by atoms with E-state index in [9.17, 15) is 9.18 Å². The number of hydrogen-bond acceptors (Lipinski definition) is 8. The molecule has 1 aliphatic rings. The average Bonchev–Trinajstić information content (AvgIpc) is 2.89. The molecule has 0 saturated heterocycles. The van der Waals surface area contributed by atoms with E-state index in [1.54, 1.807) is 0 Å². The molecule has 0 aliphatic carbocycles. The van der Waals surface area contributed by atoms with Crippen LogP contribution in [0.4, 0.5) is 4.39 Å². The molecule has 2 aromatic heterocycles. The number of ether oxygens (including phenoxy) is 4. The quantitative estimate of drug-likeness (QED) is 0.515. The van der Waals surface area contributed by atoms with Gasteiger partial charge in [0.05, 0.1) is 49.4 Å². The first-order valence-electron chi connectivity index (χ1n) is 13.3. The molecule has 8 nitrogen and oxygen atoms in total. The Morgan fingerprint density at radius 1 is 1.15 bits per heavy atom. The fraction of sp³-hybridized carbons (Fsp3) is 0.360. The van der Waals surface area contributed by atoms with Crippen LogP contribution in [0.3, 0.4) is 0 Å². The molecule has 0 fully saturated rings. The van der Waals surface area contributed by atoms with E-state index in [0.717, 1.165) is 0 Å². The van der Waals surface area contributed by atoms with Crippen molar-refractivity contribution in [2.24, 2.45) is 0 Å². The number of aromatic nitrogens is 3. The minimum absolute atomic E-state index is 0.0254. The van der Waals surface area contributed by atoms with E-state index in [2.05, 4.69) is 15.0 Å². The summed E-state index contributed by atoms with van der Waals surface area (Å²) >= 11 is 0. The van der Waals surface area contributed by atoms with Gasteiger partial charge in [0.15, 0.2) is 28.7 Å². The number of nitrogens with zero attached hydrogens (tertiary/aromatic N) is 3. The summed E-state index contributed by atoms with van der Waals surface area (Å²) in [5.41, 5.74) is -1.54. The highest BCUT2D eigenvalue weighted by Gasteiger charge is 2.36. The summed E-state index contributed by atoms with van der Waals surface area (Å²) in [6.07, 6.45) is -1.35. The molecule has 9 heteroatoms. The minimum Gasteiger partial charge on any atom is -0.493 e. The van der Waals surface area contributed by atoms with E-state index < -0.39 is 30.2 Å². The number of rotatable bonds is 7. The van der Waals surface area contributed by atoms with Gasteiger partial charge in [-0.05, 0) is 43.6 Å². The second kappa shape index (κ2) is 9.24. The summed E-state index contributed by atoms with van der Waals surface area (Å²) in [5, 5.41) is 0. The van der Waals surface area contributed by atoms with E-state index in [0.29, 0.717) is 5.69 Å². The van der Waals surface area contributed by atoms with Gasteiger partial charge in [0.1, 0.15) is 11.6 Å². The number of halogens is 1. The maximum absolute atomic E-state index is 14.9. The molecule has 1 unspecified atom stereocenters. The van der Waals surface area contributed by atoms with Gasteiger partial charge in [-0.1, -0.05) is 0 Å². The lowest BCUT2D eigenvalue weighted by atomic mass is 9.95. The zero-order valence-electron chi connectivity index (χ0n) is 25.0. The molecule has 3 aromatic rings. The maximum atomic E-state index is 14.9. The van der Waals surface area contributed by atoms with E-state index in [4.69, 9.17) is 27.2 Å². The van der Waals surface area contributed by atoms with Gasteiger partial charge in [-0.3, -0.25) is 9.78 Å². The van der Waals surface area contributed by atoms with Gasteiger partial charge in [-0.25, -0.2) is 14.4 Å². The van der Waals surface area contributed by atoms with Crippen molar-refractivity contribution < 1.29 is 36.4 Å². The van der Waals surface area contributed by atoms with E-state index in [1.807, 2.05) is 0 Å². The molecule has 0 amide bonds. The monoisotopic (exact) mass is 473 g/mol. The molecule has 4 rings (SSSR count). The number of hydrogen-bond donors (Lipinski definition) is 0. The average molecular weight is 474 g/mol. The maximum Gasteiger partial charge on any atom is 0.203 e. The molecule has 1 aromatic carbocycles. The van der Waals surface area contributed by atoms with Gasteiger partial charge in [-0.15, -0.1) is 0 Å². The van der Waals surface area contributed by atoms with Crippen LogP contribution in [0.15, 0.2) is 30.4 Å². The fourth-order valence-corrected chi connectivity index (χ4v) is 3.47. The lowest BCUT2D eigenvalue weighted by Crippen LogP contribution is -2.43. The van der Waals surface area contributed by atoms with Crippen molar-refractivity contribution in [3.05, 3.63) is 64.7 Å². The van der Waals surface area contributed by atoms with E-state index in [-0.39, 0.29) is 77.1 Å². The Kier molecular flexibility index (Phi) is 4.57. The van der Waals surface area contributed by atoms with Crippen LogP contribution in [-0.2, 0) is 24.1 Å². The van der Waals surface area contributed by atoms with Crippen LogP contribution in [0.2, 0.25) is 0 Å². The Balaban J connectivity index is 1.68. The topological polar surface area (TPSA) is 92.7 Å². The van der Waals surface area contributed by atoms with Crippen LogP contribution in [-0.4, -0.2) is 47.7 Å². The van der Waals surface area contributed by atoms with Crippen molar-refractivity contribution in [1.82, 2.24) is 15.0 Å². The largest absolute Gasteiger partial charge is 0.493 e. The number of Topliss-reactive ketones (excluding diaryl/α,β-unsaturated/α-hetero) is 1. The van der Waals surface area contributed by atoms with Crippen molar-refractivity contribution in [1.29, 1.82) is 0 Å². The first kappa shape index (κ1) is 16.8. The highest BCUT2D eigenvalue weighted by atomic mass is 19.1. The molecule has 178 valence electrons. The van der Waals surface area contributed by atoms with Gasteiger partial charge in [0, 0.05) is 22.6 Å². The summed E-state index contributed by atoms with van der Waals surface area (Å²) in [7, 11) is 4.03. The fourth-order valence-electron chi connectivity index (χ4n) is 3.47. The number of benzene rings is 1. The number of methoxy groups -OCH3 is 3. The van der Waals surface area contributed by atoms with Crippen LogP contribution >= 0.6 is 0 Å². The Morgan fingerprint density at radius 3 is 2.53 bits per heavy atom. The third kappa shape index (κ3) is 4.64. The van der Waals surface area contributed by atoms with Crippen molar-refractivity contribution in [3.63, 3.8) is 0 Å². The normalized spacial score (nSPS) is 20.0. The standard InChI is InChI=1S/C25H26FN3O5/c1-25(2)22(30)12-18-19(34-25)7-6-15(28-18)11-17-16(26)13-27-23(29-17)10-14-8-20(31-3)24(33-5)21(9-14)32-4/h6-9,13H,10-12H2,1-5H3/i1D3,8D,9D,13D. The molecule has 34 heavy (non-hydrogen) atoms. The zero-order chi connectivity index (χ0) is 29.6. The molecule has 3 heterocycles. The molecule has 0 N–H and O–H groups in total. The van der Waals surface area contributed by atoms with Gasteiger partial charge in [-0.2, -0.15) is 0 Å². The van der Waals surface area contributed by atoms with Crippen molar-refractivity contribution in [3.8, 4) is 23.0 Å². The van der Waals surface area contributed by atoms with Crippen molar-refractivity contribution >= 4 is 5.78 Å². The predicted molar refractivity (Wildman–Crippen MR) is 121 cm³/mol. The van der Waals surface area contributed by atoms with Gasteiger partial charge >= 0.3 is 0 Å². The second-order valence-corrected chi connectivity index (χ2v) is 7.68. The van der Waals surface area contributed by atoms with Gasteiger partial charge in [0.2, 0.25) is 5.75 Å². The number of ketones is 1. The number of fused-ring (bicyclic) bond motifs is 1. The Morgan fingerprint density at radius 2 is 1.88 bits per heavy atom. The summed E-state index contributed by atoms with van der Waals surface area (Å²) in [4.78, 5) is 25.1. The summed E-state index contributed by atoms with van der Waals surface area (Å²) in [6, 6.07) is 2.61. The molecule has 1 aliphatic heterocycles. The molecule has 0 radical (unpaired) electrons. The summed E-state index contributed by atoms with van der Waals surface area (Å²) < 4.78 is 84.3. The van der Waals surface area contributed by atoms with Gasteiger partial charge in [0.25, 0.3) is 0 Å². The van der Waals surface area contributed by atoms with Crippen LogP contribution in [0.25, 0.3) is 0 Å². The van der Waals surface area contributed by atoms with Crippen LogP contribution in [0.5, 0.6) is 23.0 Å². The second-order valence-electron chi connectivity index (χ2n) is 7.68. The SMILES string of the molecule is [2H]c1nc(Cc2c([2H])c(OC)c(OC)c(OC)c2[2H])nc(Cc2ccc3c(n2)CC(=O)C(C)(C([2H])([2H])[2H])O3)c1F. The molecule has 0 bridgehead atoms. The van der Waals surface area contributed by atoms with Crippen molar-refractivity contribution in [2.75, 3.05) is 21.3 Å². The highest BCUT2D eigenvalue weighted by Crippen LogP contribution is 2.38. The third-order valence-electron chi connectivity index (χ3n) is 5.20. The first-order valence-corrected chi connectivity index (χ1v) is 10.3. The van der Waals surface area contributed by atoms with E-state index >= 15 is 0 Å². The first-order chi connectivity index (χ1) is 18.7. The van der Waals surface area contributed by atoms with Crippen LogP contribution < -0.4 is 18.9 Å². The van der Waals surface area contributed by atoms with Crippen LogP contribution in [0.1, 0.15) is 50.5 Å². The molecule has 1 atom stereocenters. The van der Waals surface area contributed by atoms with Crippen molar-refractivity contribution in [2.45, 2.75) is 38.6 Å². The number of carbonyl (C=O) groups excluding carboxylic acids is 1. The summed E-state index contributed by atoms with van der Waals surface area (Å²) in [5.74, 6) is -1.38. The Bertz CT molecular complexity index is 1470. The molecule has 0 saturated carbocycles.